The topological polar surface area (TPSA) is 49.3 Å². The molecule has 23 heavy (non-hydrogen) atoms. The van der Waals surface area contributed by atoms with Crippen molar-refractivity contribution in [1.82, 2.24) is 0 Å². The van der Waals surface area contributed by atoms with Crippen LogP contribution in [0.5, 0.6) is 0 Å². The standard InChI is InChI=1S/C16H13ClF3NO2/c17-12-8-6-11(7-9-12)10-15(23,16(18,19)20)14(22)21-13-4-2-1-3-5-13/h1-9,23H,10H2,(H,21,22). The Bertz CT molecular complexity index is 674. The number of carbonyl (C=O) groups is 1. The molecule has 1 amide bonds. The van der Waals surface area contributed by atoms with Crippen molar-refractivity contribution in [3.05, 3.63) is 65.2 Å². The van der Waals surface area contributed by atoms with Gasteiger partial charge >= 0.3 is 6.18 Å². The molecule has 2 rings (SSSR count). The van der Waals surface area contributed by atoms with E-state index in [0.29, 0.717) is 5.02 Å². The number of para-hydroxylation sites is 1. The van der Waals surface area contributed by atoms with Crippen LogP contribution in [0.1, 0.15) is 5.56 Å². The van der Waals surface area contributed by atoms with Gasteiger partial charge in [0.15, 0.2) is 0 Å². The molecule has 0 aliphatic heterocycles. The summed E-state index contributed by atoms with van der Waals surface area (Å²) in [6, 6.07) is 13.1. The number of alkyl halides is 3. The third-order valence-corrected chi connectivity index (χ3v) is 3.50. The first kappa shape index (κ1) is 17.3. The van der Waals surface area contributed by atoms with Crippen molar-refractivity contribution in [2.45, 2.75) is 18.2 Å². The third-order valence-electron chi connectivity index (χ3n) is 3.25. The van der Waals surface area contributed by atoms with Gasteiger partial charge in [0.05, 0.1) is 0 Å². The van der Waals surface area contributed by atoms with Crippen molar-refractivity contribution >= 4 is 23.2 Å². The molecule has 1 unspecified atom stereocenters. The molecule has 1 atom stereocenters. The van der Waals surface area contributed by atoms with Crippen LogP contribution in [0.3, 0.4) is 0 Å². The van der Waals surface area contributed by atoms with Crippen LogP contribution in [0.25, 0.3) is 0 Å². The van der Waals surface area contributed by atoms with E-state index >= 15 is 0 Å². The maximum absolute atomic E-state index is 13.3. The van der Waals surface area contributed by atoms with Crippen molar-refractivity contribution in [3.63, 3.8) is 0 Å². The number of halogens is 4. The summed E-state index contributed by atoms with van der Waals surface area (Å²) >= 11 is 5.68. The Kier molecular flexibility index (Phi) is 4.97. The van der Waals surface area contributed by atoms with Crippen molar-refractivity contribution in [3.8, 4) is 0 Å². The summed E-state index contributed by atoms with van der Waals surface area (Å²) in [5, 5.41) is 12.5. The van der Waals surface area contributed by atoms with E-state index in [9.17, 15) is 23.1 Å². The van der Waals surface area contributed by atoms with Crippen molar-refractivity contribution < 1.29 is 23.1 Å². The fourth-order valence-electron chi connectivity index (χ4n) is 1.96. The van der Waals surface area contributed by atoms with Crippen molar-refractivity contribution in [1.29, 1.82) is 0 Å². The van der Waals surface area contributed by atoms with Gasteiger partial charge in [-0.2, -0.15) is 13.2 Å². The highest BCUT2D eigenvalue weighted by molar-refractivity contribution is 6.30. The number of hydrogen-bond donors (Lipinski definition) is 2. The number of anilines is 1. The summed E-state index contributed by atoms with van der Waals surface area (Å²) in [7, 11) is 0. The van der Waals surface area contributed by atoms with Crippen LogP contribution in [0, 0.1) is 0 Å². The molecule has 0 bridgehead atoms. The second-order valence-corrected chi connectivity index (χ2v) is 5.42. The van der Waals surface area contributed by atoms with E-state index in [-0.39, 0.29) is 11.3 Å². The maximum Gasteiger partial charge on any atom is 0.426 e. The number of aliphatic hydroxyl groups is 1. The minimum absolute atomic E-state index is 0.137. The van der Waals surface area contributed by atoms with Gasteiger partial charge in [0.1, 0.15) is 0 Å². The Labute approximate surface area is 135 Å². The number of rotatable bonds is 4. The average Bonchev–Trinajstić information content (AvgIpc) is 2.49. The predicted octanol–water partition coefficient (Wildman–Crippen LogP) is 3.81. The van der Waals surface area contributed by atoms with Gasteiger partial charge in [-0.3, -0.25) is 4.79 Å². The lowest BCUT2D eigenvalue weighted by atomic mass is 9.92. The van der Waals surface area contributed by atoms with Crippen molar-refractivity contribution in [2.24, 2.45) is 0 Å². The van der Waals surface area contributed by atoms with Gasteiger partial charge < -0.3 is 10.4 Å². The lowest BCUT2D eigenvalue weighted by Gasteiger charge is -2.29. The van der Waals surface area contributed by atoms with Gasteiger partial charge in [-0.05, 0) is 29.8 Å². The maximum atomic E-state index is 13.3. The van der Waals surface area contributed by atoms with Crippen LogP contribution in [-0.4, -0.2) is 22.8 Å². The van der Waals surface area contributed by atoms with Gasteiger partial charge in [-0.15, -0.1) is 0 Å². The van der Waals surface area contributed by atoms with E-state index in [1.165, 1.54) is 36.4 Å². The number of hydrogen-bond acceptors (Lipinski definition) is 2. The summed E-state index contributed by atoms with van der Waals surface area (Å²) < 4.78 is 39.9. The quantitative estimate of drug-likeness (QED) is 0.886. The molecular formula is C16H13ClF3NO2. The van der Waals surface area contributed by atoms with Gasteiger partial charge in [0.25, 0.3) is 5.91 Å². The Balaban J connectivity index is 2.28. The molecule has 0 aliphatic carbocycles. The largest absolute Gasteiger partial charge is 0.426 e. The minimum atomic E-state index is -5.13. The molecule has 2 aromatic rings. The zero-order chi connectivity index (χ0) is 17.1. The average molecular weight is 344 g/mol. The number of nitrogens with one attached hydrogen (secondary N) is 1. The zero-order valence-corrected chi connectivity index (χ0v) is 12.5. The summed E-state index contributed by atoms with van der Waals surface area (Å²) in [5.41, 5.74) is -3.25. The summed E-state index contributed by atoms with van der Waals surface area (Å²) in [5.74, 6) is -1.54. The number of amides is 1. The lowest BCUT2D eigenvalue weighted by Crippen LogP contribution is -2.56. The summed E-state index contributed by atoms with van der Waals surface area (Å²) in [4.78, 5) is 12.0. The molecule has 122 valence electrons. The number of carbonyl (C=O) groups excluding carboxylic acids is 1. The molecule has 0 aromatic heterocycles. The first-order valence-electron chi connectivity index (χ1n) is 6.62. The smallest absolute Gasteiger partial charge is 0.372 e. The number of benzene rings is 2. The Hall–Kier alpha value is -2.05. The van der Waals surface area contributed by atoms with E-state index in [1.54, 1.807) is 18.2 Å². The Morgan fingerprint density at radius 1 is 1.04 bits per heavy atom. The Morgan fingerprint density at radius 3 is 2.13 bits per heavy atom. The fourth-order valence-corrected chi connectivity index (χ4v) is 2.09. The molecule has 7 heteroatoms. The van der Waals surface area contributed by atoms with E-state index < -0.39 is 24.1 Å². The molecule has 0 radical (unpaired) electrons. The van der Waals surface area contributed by atoms with E-state index in [4.69, 9.17) is 11.6 Å². The van der Waals surface area contributed by atoms with Crippen LogP contribution in [-0.2, 0) is 11.2 Å². The molecule has 2 aromatic carbocycles. The highest BCUT2D eigenvalue weighted by atomic mass is 35.5. The highest BCUT2D eigenvalue weighted by Gasteiger charge is 2.59. The normalized spacial score (nSPS) is 14.1. The Morgan fingerprint density at radius 2 is 1.61 bits per heavy atom. The van der Waals surface area contributed by atoms with Crippen molar-refractivity contribution in [2.75, 3.05) is 5.32 Å². The van der Waals surface area contributed by atoms with Gasteiger partial charge in [-0.25, -0.2) is 0 Å². The third kappa shape index (κ3) is 4.03. The van der Waals surface area contributed by atoms with Crippen LogP contribution in [0.15, 0.2) is 54.6 Å². The van der Waals surface area contributed by atoms with Gasteiger partial charge in [-0.1, -0.05) is 41.9 Å². The van der Waals surface area contributed by atoms with Crippen LogP contribution < -0.4 is 5.32 Å². The van der Waals surface area contributed by atoms with E-state index in [2.05, 4.69) is 5.32 Å². The van der Waals surface area contributed by atoms with Crippen LogP contribution in [0.2, 0.25) is 5.02 Å². The summed E-state index contributed by atoms with van der Waals surface area (Å²) in [6.45, 7) is 0. The molecule has 0 heterocycles. The molecule has 0 saturated carbocycles. The molecule has 0 spiro atoms. The van der Waals surface area contributed by atoms with Crippen LogP contribution >= 0.6 is 11.6 Å². The lowest BCUT2D eigenvalue weighted by molar-refractivity contribution is -0.248. The zero-order valence-electron chi connectivity index (χ0n) is 11.8. The first-order valence-corrected chi connectivity index (χ1v) is 7.00. The van der Waals surface area contributed by atoms with E-state index in [0.717, 1.165) is 0 Å². The molecular weight excluding hydrogens is 331 g/mol. The van der Waals surface area contributed by atoms with Crippen LogP contribution in [0.4, 0.5) is 18.9 Å². The first-order chi connectivity index (χ1) is 10.7. The molecule has 0 aliphatic rings. The molecule has 2 N–H and O–H groups in total. The monoisotopic (exact) mass is 343 g/mol. The SMILES string of the molecule is O=C(Nc1ccccc1)C(O)(Cc1ccc(Cl)cc1)C(F)(F)F. The van der Waals surface area contributed by atoms with E-state index in [1.807, 2.05) is 0 Å². The predicted molar refractivity (Wildman–Crippen MR) is 81.2 cm³/mol. The molecule has 0 saturated heterocycles. The molecule has 0 fully saturated rings. The summed E-state index contributed by atoms with van der Waals surface area (Å²) in [6.07, 6.45) is -6.04. The second-order valence-electron chi connectivity index (χ2n) is 4.98. The highest BCUT2D eigenvalue weighted by Crippen LogP contribution is 2.34. The molecule has 3 nitrogen and oxygen atoms in total. The second kappa shape index (κ2) is 6.60. The van der Waals surface area contributed by atoms with Gasteiger partial charge in [0.2, 0.25) is 5.60 Å². The minimum Gasteiger partial charge on any atom is -0.372 e. The fraction of sp³-hybridized carbons (Fsp3) is 0.188. The van der Waals surface area contributed by atoms with Gasteiger partial charge in [0, 0.05) is 17.1 Å².